The molecular weight excluding hydrogens is 173 g/mol. The third-order valence-corrected chi connectivity index (χ3v) is 7.78. The average Bonchev–Trinajstić information content (AvgIpc) is 1.57. The predicted molar refractivity (Wildman–Crippen MR) is 41.3 cm³/mol. The number of rotatable bonds is 1. The number of carbonyl (C=O) groups excluding carboxylic acids is 1. The third-order valence-electron chi connectivity index (χ3n) is 2.11. The molecule has 0 aromatic carbocycles. The Morgan fingerprint density at radius 1 is 1.44 bits per heavy atom. The number of hydrogen-bond donors (Lipinski definition) is 0. The maximum atomic E-state index is 10.9. The van der Waals surface area contributed by atoms with Gasteiger partial charge < -0.3 is 0 Å². The van der Waals surface area contributed by atoms with E-state index in [0.717, 1.165) is 6.42 Å². The van der Waals surface area contributed by atoms with Gasteiger partial charge in [0.25, 0.3) is 0 Å². The van der Waals surface area contributed by atoms with E-state index in [1.165, 1.54) is 6.42 Å². The summed E-state index contributed by atoms with van der Waals surface area (Å²) in [5, 5.41) is 0. The molecule has 52 valence electrons. The standard InChI is InChI=1S/C7H14GeO/c1-8(2,3)6-4-5-7(6)9/h6H,4-5H2,1-3H3. The summed E-state index contributed by atoms with van der Waals surface area (Å²) in [7, 11) is 0. The van der Waals surface area contributed by atoms with Crippen LogP contribution in [0.15, 0.2) is 0 Å². The molecule has 0 radical (unpaired) electrons. The summed E-state index contributed by atoms with van der Waals surface area (Å²) >= 11 is -1.54. The Balaban J connectivity index is 2.54. The van der Waals surface area contributed by atoms with E-state index in [0.29, 0.717) is 10.5 Å². The second-order valence-electron chi connectivity index (χ2n) is 3.92. The first kappa shape index (κ1) is 7.32. The number of Topliss-reactive ketones (excluding diaryl/α,β-unsaturated/α-hetero) is 1. The van der Waals surface area contributed by atoms with E-state index in [4.69, 9.17) is 0 Å². The molecule has 1 aliphatic carbocycles. The summed E-state index contributed by atoms with van der Waals surface area (Å²) in [5.74, 6) is 7.51. The van der Waals surface area contributed by atoms with E-state index in [1.54, 1.807) is 0 Å². The van der Waals surface area contributed by atoms with Crippen molar-refractivity contribution >= 4 is 19.0 Å². The fraction of sp³-hybridized carbons (Fsp3) is 0.857. The first-order chi connectivity index (χ1) is 4.02. The van der Waals surface area contributed by atoms with Crippen LogP contribution in [0.25, 0.3) is 0 Å². The molecule has 0 aromatic rings. The summed E-state index contributed by atoms with van der Waals surface area (Å²) in [6.07, 6.45) is 2.06. The fourth-order valence-electron chi connectivity index (χ4n) is 1.32. The molecule has 2 heteroatoms. The first-order valence-electron chi connectivity index (χ1n) is 3.54. The monoisotopic (exact) mass is 188 g/mol. The molecule has 0 aromatic heterocycles. The molecule has 1 fully saturated rings. The van der Waals surface area contributed by atoms with E-state index >= 15 is 0 Å². The van der Waals surface area contributed by atoms with Crippen molar-refractivity contribution in [1.29, 1.82) is 0 Å². The molecule has 0 saturated heterocycles. The van der Waals surface area contributed by atoms with Crippen molar-refractivity contribution in [2.45, 2.75) is 34.9 Å². The van der Waals surface area contributed by atoms with Crippen molar-refractivity contribution in [2.24, 2.45) is 0 Å². The first-order valence-corrected chi connectivity index (χ1v) is 11.0. The fourth-order valence-corrected chi connectivity index (χ4v) is 5.77. The quantitative estimate of drug-likeness (QED) is 0.574. The summed E-state index contributed by atoms with van der Waals surface area (Å²) in [6, 6.07) is 0. The van der Waals surface area contributed by atoms with E-state index in [1.807, 2.05) is 0 Å². The van der Waals surface area contributed by atoms with Gasteiger partial charge in [-0.1, -0.05) is 0 Å². The molecule has 1 unspecified atom stereocenters. The summed E-state index contributed by atoms with van der Waals surface area (Å²) in [4.78, 5) is 10.9. The Hall–Kier alpha value is 0.213. The molecule has 1 nitrogen and oxygen atoms in total. The van der Waals surface area contributed by atoms with Crippen LogP contribution in [-0.2, 0) is 4.79 Å². The molecule has 0 aliphatic heterocycles. The Morgan fingerprint density at radius 2 is 2.00 bits per heavy atom. The minimum atomic E-state index is -1.54. The molecule has 1 saturated carbocycles. The van der Waals surface area contributed by atoms with E-state index in [2.05, 4.69) is 17.3 Å². The Morgan fingerprint density at radius 3 is 2.00 bits per heavy atom. The second-order valence-corrected chi connectivity index (χ2v) is 15.3. The molecule has 1 aliphatic rings. The molecule has 0 N–H and O–H groups in total. The van der Waals surface area contributed by atoms with Gasteiger partial charge in [0.1, 0.15) is 0 Å². The van der Waals surface area contributed by atoms with Crippen LogP contribution in [0.2, 0.25) is 22.0 Å². The minimum absolute atomic E-state index is 0.544. The number of carbonyl (C=O) groups is 1. The zero-order valence-electron chi connectivity index (χ0n) is 6.40. The molecule has 0 spiro atoms. The van der Waals surface area contributed by atoms with Crippen LogP contribution in [0.5, 0.6) is 0 Å². The van der Waals surface area contributed by atoms with Gasteiger partial charge in [0, 0.05) is 0 Å². The average molecular weight is 187 g/mol. The van der Waals surface area contributed by atoms with Crippen molar-refractivity contribution in [2.75, 3.05) is 0 Å². The zero-order chi connectivity index (χ0) is 7.07. The van der Waals surface area contributed by atoms with Gasteiger partial charge in [-0.15, -0.1) is 0 Å². The van der Waals surface area contributed by atoms with Gasteiger partial charge in [0.05, 0.1) is 0 Å². The van der Waals surface area contributed by atoms with Crippen LogP contribution in [-0.4, -0.2) is 19.0 Å². The zero-order valence-corrected chi connectivity index (χ0v) is 8.50. The number of hydrogen-bond acceptors (Lipinski definition) is 1. The van der Waals surface area contributed by atoms with Gasteiger partial charge in [0.2, 0.25) is 0 Å². The van der Waals surface area contributed by atoms with Crippen molar-refractivity contribution < 1.29 is 4.79 Å². The molecule has 0 amide bonds. The van der Waals surface area contributed by atoms with Crippen LogP contribution in [0.1, 0.15) is 12.8 Å². The van der Waals surface area contributed by atoms with Crippen molar-refractivity contribution in [3.05, 3.63) is 0 Å². The summed E-state index contributed by atoms with van der Waals surface area (Å²) < 4.78 is 0.546. The molecular formula is C7H14GeO. The topological polar surface area (TPSA) is 17.1 Å². The van der Waals surface area contributed by atoms with Gasteiger partial charge in [0.15, 0.2) is 0 Å². The van der Waals surface area contributed by atoms with Crippen LogP contribution < -0.4 is 0 Å². The van der Waals surface area contributed by atoms with Crippen molar-refractivity contribution in [3.63, 3.8) is 0 Å². The molecule has 1 rings (SSSR count). The molecule has 1 atom stereocenters. The van der Waals surface area contributed by atoms with Gasteiger partial charge in [-0.3, -0.25) is 0 Å². The Bertz CT molecular complexity index is 134. The summed E-state index contributed by atoms with van der Waals surface area (Å²) in [6.45, 7) is 0. The Labute approximate surface area is 59.2 Å². The molecule has 0 bridgehead atoms. The van der Waals surface area contributed by atoms with Crippen LogP contribution in [0.3, 0.4) is 0 Å². The van der Waals surface area contributed by atoms with E-state index in [-0.39, 0.29) is 0 Å². The Kier molecular flexibility index (Phi) is 1.72. The summed E-state index contributed by atoms with van der Waals surface area (Å²) in [5.41, 5.74) is 0. The van der Waals surface area contributed by atoms with Crippen molar-refractivity contribution in [3.8, 4) is 0 Å². The van der Waals surface area contributed by atoms with Gasteiger partial charge in [-0.2, -0.15) is 0 Å². The van der Waals surface area contributed by atoms with Crippen LogP contribution in [0.4, 0.5) is 0 Å². The normalized spacial score (nSPS) is 27.9. The maximum absolute atomic E-state index is 10.9. The second kappa shape index (κ2) is 2.12. The van der Waals surface area contributed by atoms with Gasteiger partial charge >= 0.3 is 58.7 Å². The SMILES string of the molecule is [CH3][Ge]([CH3])([CH3])[CH]1CCC1=O. The third kappa shape index (κ3) is 1.37. The van der Waals surface area contributed by atoms with Crippen LogP contribution in [0, 0.1) is 0 Å². The predicted octanol–water partition coefficient (Wildman–Crippen LogP) is 2.06. The van der Waals surface area contributed by atoms with Crippen molar-refractivity contribution in [1.82, 2.24) is 0 Å². The molecule has 9 heavy (non-hydrogen) atoms. The van der Waals surface area contributed by atoms with Gasteiger partial charge in [-0.25, -0.2) is 0 Å². The van der Waals surface area contributed by atoms with Gasteiger partial charge in [-0.05, 0) is 0 Å². The molecule has 0 heterocycles. The van der Waals surface area contributed by atoms with E-state index in [9.17, 15) is 4.79 Å². The van der Waals surface area contributed by atoms with Crippen LogP contribution >= 0.6 is 0 Å². The number of ketones is 1. The van der Waals surface area contributed by atoms with E-state index < -0.39 is 13.3 Å².